The van der Waals surface area contributed by atoms with Gasteiger partial charge in [-0.3, -0.25) is 4.79 Å². The maximum atomic E-state index is 11.7. The molecule has 76 valence electrons. The molecular formula is C11H16NO2+. The fraction of sp³-hybridized carbons (Fsp3) is 0.364. The zero-order valence-electron chi connectivity index (χ0n) is 8.78. The number of hydrogen-bond acceptors (Lipinski definition) is 2. The Bertz CT molecular complexity index is 306. The third kappa shape index (κ3) is 2.33. The second-order valence-corrected chi connectivity index (χ2v) is 3.21. The molecule has 0 heterocycles. The molecule has 1 rings (SSSR count). The van der Waals surface area contributed by atoms with Gasteiger partial charge < -0.3 is 10.1 Å². The van der Waals surface area contributed by atoms with Gasteiger partial charge in [0, 0.05) is 5.56 Å². The number of ketones is 1. The van der Waals surface area contributed by atoms with Crippen molar-refractivity contribution in [1.82, 2.24) is 0 Å². The van der Waals surface area contributed by atoms with Crippen LogP contribution >= 0.6 is 0 Å². The Balaban J connectivity index is 2.81. The van der Waals surface area contributed by atoms with Crippen LogP contribution in [0.1, 0.15) is 17.3 Å². The number of ether oxygens (including phenoxy) is 1. The van der Waals surface area contributed by atoms with E-state index in [2.05, 4.69) is 0 Å². The van der Waals surface area contributed by atoms with Crippen LogP contribution in [0.5, 0.6) is 5.75 Å². The molecule has 0 bridgehead atoms. The standard InChI is InChI=1S/C11H15NO2/c1-8(12-2)11(13)9-4-6-10(14-3)7-5-9/h4-8,12H,1-3H3/p+1/t8-/m0/s1. The van der Waals surface area contributed by atoms with E-state index in [1.807, 2.05) is 19.3 Å². The Hall–Kier alpha value is -1.35. The van der Waals surface area contributed by atoms with Gasteiger partial charge in [-0.2, -0.15) is 0 Å². The second-order valence-electron chi connectivity index (χ2n) is 3.21. The third-order valence-electron chi connectivity index (χ3n) is 2.29. The average Bonchev–Trinajstić information content (AvgIpc) is 2.27. The van der Waals surface area contributed by atoms with Crippen LogP contribution in [0.15, 0.2) is 24.3 Å². The van der Waals surface area contributed by atoms with Crippen molar-refractivity contribution in [3.8, 4) is 5.75 Å². The van der Waals surface area contributed by atoms with Gasteiger partial charge in [0.05, 0.1) is 14.2 Å². The van der Waals surface area contributed by atoms with Crippen LogP contribution in [0.25, 0.3) is 0 Å². The lowest BCUT2D eigenvalue weighted by Gasteiger charge is -2.06. The molecule has 0 aromatic heterocycles. The van der Waals surface area contributed by atoms with Gasteiger partial charge in [0.25, 0.3) is 0 Å². The summed E-state index contributed by atoms with van der Waals surface area (Å²) in [5, 5.41) is 1.90. The quantitative estimate of drug-likeness (QED) is 0.708. The molecule has 2 N–H and O–H groups in total. The molecule has 0 saturated heterocycles. The Morgan fingerprint density at radius 1 is 1.36 bits per heavy atom. The van der Waals surface area contributed by atoms with E-state index in [-0.39, 0.29) is 11.8 Å². The van der Waals surface area contributed by atoms with Gasteiger partial charge in [0.15, 0.2) is 0 Å². The molecule has 0 aliphatic rings. The lowest BCUT2D eigenvalue weighted by atomic mass is 10.1. The highest BCUT2D eigenvalue weighted by atomic mass is 16.5. The number of rotatable bonds is 4. The minimum absolute atomic E-state index is 0.0246. The van der Waals surface area contributed by atoms with E-state index in [0.717, 1.165) is 11.3 Å². The Labute approximate surface area is 84.1 Å². The molecule has 1 aromatic carbocycles. The van der Waals surface area contributed by atoms with E-state index < -0.39 is 0 Å². The number of benzene rings is 1. The van der Waals surface area contributed by atoms with Crippen LogP contribution < -0.4 is 10.1 Å². The maximum absolute atomic E-state index is 11.7. The van der Waals surface area contributed by atoms with Gasteiger partial charge in [0.1, 0.15) is 11.8 Å². The summed E-state index contributed by atoms with van der Waals surface area (Å²) in [6.45, 7) is 1.90. The summed E-state index contributed by atoms with van der Waals surface area (Å²) >= 11 is 0. The van der Waals surface area contributed by atoms with Gasteiger partial charge in [-0.1, -0.05) is 0 Å². The van der Waals surface area contributed by atoms with Gasteiger partial charge in [0.2, 0.25) is 5.78 Å². The molecule has 14 heavy (non-hydrogen) atoms. The first-order chi connectivity index (χ1) is 6.69. The predicted molar refractivity (Wildman–Crippen MR) is 54.6 cm³/mol. The minimum atomic E-state index is -0.0246. The van der Waals surface area contributed by atoms with Crippen molar-refractivity contribution >= 4 is 5.78 Å². The molecule has 0 fully saturated rings. The number of carbonyl (C=O) groups is 1. The Kier molecular flexibility index (Phi) is 3.65. The van der Waals surface area contributed by atoms with E-state index in [0.29, 0.717) is 0 Å². The molecule has 0 aliphatic carbocycles. The summed E-state index contributed by atoms with van der Waals surface area (Å²) in [4.78, 5) is 11.7. The van der Waals surface area contributed by atoms with Crippen LogP contribution in [0, 0.1) is 0 Å². The smallest absolute Gasteiger partial charge is 0.219 e. The summed E-state index contributed by atoms with van der Waals surface area (Å²) in [5.41, 5.74) is 0.733. The van der Waals surface area contributed by atoms with E-state index in [4.69, 9.17) is 4.74 Å². The van der Waals surface area contributed by atoms with Crippen molar-refractivity contribution in [2.45, 2.75) is 13.0 Å². The number of quaternary nitrogens is 1. The van der Waals surface area contributed by atoms with Gasteiger partial charge in [-0.25, -0.2) is 0 Å². The topological polar surface area (TPSA) is 42.9 Å². The summed E-state index contributed by atoms with van der Waals surface area (Å²) < 4.78 is 5.02. The van der Waals surface area contributed by atoms with Crippen molar-refractivity contribution in [2.24, 2.45) is 0 Å². The van der Waals surface area contributed by atoms with Crippen LogP contribution in [0.3, 0.4) is 0 Å². The minimum Gasteiger partial charge on any atom is -0.497 e. The molecule has 0 unspecified atom stereocenters. The van der Waals surface area contributed by atoms with Crippen molar-refractivity contribution in [3.63, 3.8) is 0 Å². The van der Waals surface area contributed by atoms with Crippen LogP contribution in [0.4, 0.5) is 0 Å². The number of carbonyl (C=O) groups excluding carboxylic acids is 1. The molecule has 1 aromatic rings. The third-order valence-corrected chi connectivity index (χ3v) is 2.29. The van der Waals surface area contributed by atoms with Crippen molar-refractivity contribution in [1.29, 1.82) is 0 Å². The van der Waals surface area contributed by atoms with Crippen molar-refractivity contribution < 1.29 is 14.8 Å². The lowest BCUT2D eigenvalue weighted by Crippen LogP contribution is -2.87. The summed E-state index contributed by atoms with van der Waals surface area (Å²) in [7, 11) is 3.51. The van der Waals surface area contributed by atoms with Gasteiger partial charge in [-0.15, -0.1) is 0 Å². The van der Waals surface area contributed by atoms with E-state index >= 15 is 0 Å². The molecule has 1 atom stereocenters. The van der Waals surface area contributed by atoms with E-state index in [1.54, 1.807) is 31.4 Å². The second kappa shape index (κ2) is 4.77. The van der Waals surface area contributed by atoms with Crippen LogP contribution in [-0.4, -0.2) is 26.0 Å². The highest BCUT2D eigenvalue weighted by molar-refractivity contribution is 5.98. The molecular weight excluding hydrogens is 178 g/mol. The first-order valence-corrected chi connectivity index (χ1v) is 4.66. The number of methoxy groups -OCH3 is 1. The average molecular weight is 194 g/mol. The molecule has 0 spiro atoms. The number of nitrogens with two attached hydrogens (primary N) is 1. The Morgan fingerprint density at radius 3 is 2.36 bits per heavy atom. The highest BCUT2D eigenvalue weighted by Crippen LogP contribution is 2.11. The molecule has 3 heteroatoms. The van der Waals surface area contributed by atoms with Crippen LogP contribution in [0.2, 0.25) is 0 Å². The maximum Gasteiger partial charge on any atom is 0.219 e. The number of hydrogen-bond donors (Lipinski definition) is 1. The molecule has 0 radical (unpaired) electrons. The molecule has 0 saturated carbocycles. The predicted octanol–water partition coefficient (Wildman–Crippen LogP) is 0.460. The van der Waals surface area contributed by atoms with Gasteiger partial charge >= 0.3 is 0 Å². The zero-order valence-corrected chi connectivity index (χ0v) is 8.78. The summed E-state index contributed by atoms with van der Waals surface area (Å²) in [6.07, 6.45) is 0. The zero-order chi connectivity index (χ0) is 10.6. The van der Waals surface area contributed by atoms with Crippen molar-refractivity contribution in [2.75, 3.05) is 14.2 Å². The monoisotopic (exact) mass is 194 g/mol. The fourth-order valence-corrected chi connectivity index (χ4v) is 1.17. The summed E-state index contributed by atoms with van der Waals surface area (Å²) in [5.74, 6) is 0.921. The highest BCUT2D eigenvalue weighted by Gasteiger charge is 2.15. The van der Waals surface area contributed by atoms with Crippen molar-refractivity contribution in [3.05, 3.63) is 29.8 Å². The van der Waals surface area contributed by atoms with Gasteiger partial charge in [-0.05, 0) is 31.2 Å². The Morgan fingerprint density at radius 2 is 1.93 bits per heavy atom. The SMILES string of the molecule is C[NH2+][C@@H](C)C(=O)c1ccc(OC)cc1. The number of Topliss-reactive ketones (excluding diaryl/α,β-unsaturated/α-hetero) is 1. The fourth-order valence-electron chi connectivity index (χ4n) is 1.17. The number of likely N-dealkylation sites (N-methyl/N-ethyl adjacent to an activating group) is 1. The van der Waals surface area contributed by atoms with E-state index in [1.165, 1.54) is 0 Å². The molecule has 0 amide bonds. The van der Waals surface area contributed by atoms with E-state index in [9.17, 15) is 4.79 Å². The normalized spacial score (nSPS) is 12.2. The first-order valence-electron chi connectivity index (χ1n) is 4.66. The first kappa shape index (κ1) is 10.7. The van der Waals surface area contributed by atoms with Crippen LogP contribution in [-0.2, 0) is 0 Å². The summed E-state index contributed by atoms with van der Waals surface area (Å²) in [6, 6.07) is 7.16. The molecule has 0 aliphatic heterocycles. The lowest BCUT2D eigenvalue weighted by molar-refractivity contribution is -0.645. The molecule has 3 nitrogen and oxygen atoms in total. The largest absolute Gasteiger partial charge is 0.497 e.